The second-order valence-corrected chi connectivity index (χ2v) is 17.5. The van der Waals surface area contributed by atoms with Gasteiger partial charge in [0.1, 0.15) is 6.79 Å². The first kappa shape index (κ1) is 50.0. The smallest absolute Gasteiger partial charge is 0.364 e. The molecule has 14 heteroatoms. The Morgan fingerprint density at radius 2 is 1.06 bits per heavy atom. The number of hydrogen-bond acceptors (Lipinski definition) is 12. The molecule has 47 heavy (non-hydrogen) atoms. The highest BCUT2D eigenvalue weighted by Gasteiger charge is 2.34. The van der Waals surface area contributed by atoms with Crippen molar-refractivity contribution >= 4 is 23.9 Å². The van der Waals surface area contributed by atoms with E-state index >= 15 is 0 Å². The Balaban J connectivity index is -0.000000783. The van der Waals surface area contributed by atoms with E-state index in [4.69, 9.17) is 32.0 Å². The Hall–Kier alpha value is -1.38. The SMILES string of the molecule is C=CCN(CC=C)CC(O)COCCC[Si](C)(OCC)OCC.C=CCN(CC=C)CC(O)COCCC[Si](CO)(OC)OC.C=O. The lowest BCUT2D eigenvalue weighted by atomic mass is 10.3. The number of carbonyl (C=O) groups is 1. The molecule has 12 nitrogen and oxygen atoms in total. The maximum atomic E-state index is 10.0. The molecule has 0 rings (SSSR count). The summed E-state index contributed by atoms with van der Waals surface area (Å²) in [4.78, 5) is 12.1. The quantitative estimate of drug-likeness (QED) is 0.0554. The molecule has 0 fully saturated rings. The van der Waals surface area contributed by atoms with Crippen molar-refractivity contribution in [1.29, 1.82) is 0 Å². The van der Waals surface area contributed by atoms with Gasteiger partial charge in [0.05, 0.1) is 31.7 Å². The molecule has 2 atom stereocenters. The van der Waals surface area contributed by atoms with Crippen LogP contribution in [0.2, 0.25) is 18.6 Å². The Kier molecular flexibility index (Phi) is 36.7. The van der Waals surface area contributed by atoms with Gasteiger partial charge in [0.15, 0.2) is 0 Å². The van der Waals surface area contributed by atoms with Gasteiger partial charge in [-0.05, 0) is 45.3 Å². The van der Waals surface area contributed by atoms with Crippen LogP contribution in [0.4, 0.5) is 0 Å². The third-order valence-electron chi connectivity index (χ3n) is 6.76. The van der Waals surface area contributed by atoms with E-state index in [1.165, 1.54) is 0 Å². The van der Waals surface area contributed by atoms with Crippen LogP contribution in [-0.4, -0.2) is 161 Å². The van der Waals surface area contributed by atoms with Crippen LogP contribution in [0.25, 0.3) is 0 Å². The van der Waals surface area contributed by atoms with Gasteiger partial charge in [-0.15, -0.1) is 26.3 Å². The lowest BCUT2D eigenvalue weighted by molar-refractivity contribution is -0.0980. The maximum Gasteiger partial charge on any atom is 0.364 e. The van der Waals surface area contributed by atoms with Gasteiger partial charge in [0.25, 0.3) is 0 Å². The molecule has 0 aliphatic rings. The highest BCUT2D eigenvalue weighted by molar-refractivity contribution is 6.67. The summed E-state index contributed by atoms with van der Waals surface area (Å²) in [5.74, 6) is 0. The molecule has 0 radical (unpaired) electrons. The van der Waals surface area contributed by atoms with Gasteiger partial charge in [-0.2, -0.15) is 0 Å². The summed E-state index contributed by atoms with van der Waals surface area (Å²) in [6.07, 6.45) is 7.73. The first-order valence-corrected chi connectivity index (χ1v) is 21.0. The van der Waals surface area contributed by atoms with E-state index in [2.05, 4.69) is 37.8 Å². The molecule has 0 spiro atoms. The molecule has 0 aromatic heterocycles. The summed E-state index contributed by atoms with van der Waals surface area (Å²) in [6, 6.07) is 1.56. The minimum absolute atomic E-state index is 0.0688. The second-order valence-electron chi connectivity index (χ2n) is 10.7. The first-order chi connectivity index (χ1) is 22.6. The van der Waals surface area contributed by atoms with Gasteiger partial charge < -0.3 is 47.3 Å². The average Bonchev–Trinajstić information content (AvgIpc) is 3.05. The maximum absolute atomic E-state index is 10.0. The fourth-order valence-corrected chi connectivity index (χ4v) is 8.60. The number of aliphatic hydroxyl groups is 3. The Bertz CT molecular complexity index is 716. The molecule has 0 saturated heterocycles. The summed E-state index contributed by atoms with van der Waals surface area (Å²) in [7, 11) is -1.39. The highest BCUT2D eigenvalue weighted by Crippen LogP contribution is 2.16. The molecule has 0 aliphatic heterocycles. The van der Waals surface area contributed by atoms with Crippen LogP contribution in [0.3, 0.4) is 0 Å². The number of hydrogen-bond donors (Lipinski definition) is 3. The summed E-state index contributed by atoms with van der Waals surface area (Å²) >= 11 is 0. The summed E-state index contributed by atoms with van der Waals surface area (Å²) in [5.41, 5.74) is 0. The van der Waals surface area contributed by atoms with Gasteiger partial charge in [0, 0.05) is 79.9 Å². The number of ether oxygens (including phenoxy) is 2. The van der Waals surface area contributed by atoms with Crippen molar-refractivity contribution in [3.8, 4) is 0 Å². The standard InChI is InChI=1S/C17H35NO4Si.C15H31NO5Si.CH2O/c1-6-11-18(12-7-2)15-17(19)16-20-13-10-14-23(5,21-8-3)22-9-4;1-5-8-16(9-6-2)12-15(18)13-21-10-7-11-22(14-17,19-3)20-4;1-2/h6-7,17,19H,1-2,8-16H2,3-5H3;5-6,15,17-18H,1-2,7-14H2,3-4H3;1H2. The molecule has 0 heterocycles. The molecule has 3 N–H and O–H groups in total. The van der Waals surface area contributed by atoms with E-state index < -0.39 is 29.3 Å². The van der Waals surface area contributed by atoms with Gasteiger partial charge in [-0.25, -0.2) is 0 Å². The summed E-state index contributed by atoms with van der Waals surface area (Å²) in [5, 5.41) is 29.3. The van der Waals surface area contributed by atoms with Crippen LogP contribution in [0, 0.1) is 0 Å². The minimum Gasteiger partial charge on any atom is -0.396 e. The largest absolute Gasteiger partial charge is 0.396 e. The van der Waals surface area contributed by atoms with Gasteiger partial charge in [0.2, 0.25) is 0 Å². The van der Waals surface area contributed by atoms with E-state index in [1.54, 1.807) is 26.4 Å². The number of nitrogens with zero attached hydrogens (tertiary/aromatic N) is 2. The molecule has 278 valence electrons. The van der Waals surface area contributed by atoms with Crippen molar-refractivity contribution in [3.63, 3.8) is 0 Å². The molecule has 0 aromatic rings. The minimum atomic E-state index is -2.46. The van der Waals surface area contributed by atoms with Gasteiger partial charge >= 0.3 is 17.1 Å². The average molecular weight is 709 g/mol. The predicted molar refractivity (Wildman–Crippen MR) is 195 cm³/mol. The van der Waals surface area contributed by atoms with Crippen molar-refractivity contribution < 1.29 is 47.3 Å². The molecular formula is C33H68N2O10Si2. The molecule has 0 aliphatic carbocycles. The highest BCUT2D eigenvalue weighted by atomic mass is 28.4. The van der Waals surface area contributed by atoms with Crippen molar-refractivity contribution in [2.24, 2.45) is 0 Å². The van der Waals surface area contributed by atoms with E-state index in [9.17, 15) is 15.3 Å². The summed E-state index contributed by atoms with van der Waals surface area (Å²) < 4.78 is 33.3. The second kappa shape index (κ2) is 34.5. The van der Waals surface area contributed by atoms with Crippen LogP contribution in [-0.2, 0) is 32.0 Å². The lowest BCUT2D eigenvalue weighted by Gasteiger charge is -2.26. The van der Waals surface area contributed by atoms with Crippen molar-refractivity contribution in [3.05, 3.63) is 50.6 Å². The third-order valence-corrected chi connectivity index (χ3v) is 12.9. The number of aliphatic hydroxyl groups excluding tert-OH is 3. The van der Waals surface area contributed by atoms with E-state index in [0.717, 1.165) is 32.0 Å². The van der Waals surface area contributed by atoms with Crippen molar-refractivity contribution in [2.75, 3.05) is 99.4 Å². The zero-order valence-electron chi connectivity index (χ0n) is 30.1. The number of rotatable bonds is 31. The van der Waals surface area contributed by atoms with Crippen LogP contribution >= 0.6 is 0 Å². The monoisotopic (exact) mass is 708 g/mol. The molecule has 2 unspecified atom stereocenters. The lowest BCUT2D eigenvalue weighted by Crippen LogP contribution is -2.44. The molecule has 0 aromatic carbocycles. The van der Waals surface area contributed by atoms with Crippen LogP contribution in [0.1, 0.15) is 26.7 Å². The molecular weight excluding hydrogens is 641 g/mol. The van der Waals surface area contributed by atoms with Crippen LogP contribution in [0.5, 0.6) is 0 Å². The molecule has 0 bridgehead atoms. The van der Waals surface area contributed by atoms with Crippen LogP contribution in [0.15, 0.2) is 50.6 Å². The van der Waals surface area contributed by atoms with Gasteiger partial charge in [-0.1, -0.05) is 24.3 Å². The van der Waals surface area contributed by atoms with E-state index in [0.29, 0.717) is 65.3 Å². The van der Waals surface area contributed by atoms with E-state index in [1.807, 2.05) is 37.7 Å². The fraction of sp³-hybridized carbons (Fsp3) is 0.727. The molecule has 0 saturated carbocycles. The van der Waals surface area contributed by atoms with E-state index in [-0.39, 0.29) is 12.8 Å². The number of carbonyl (C=O) groups excluding carboxylic acids is 1. The van der Waals surface area contributed by atoms with Crippen LogP contribution < -0.4 is 0 Å². The van der Waals surface area contributed by atoms with Gasteiger partial charge in [-0.3, -0.25) is 9.80 Å². The Morgan fingerprint density at radius 1 is 0.702 bits per heavy atom. The molecule has 0 amide bonds. The zero-order chi connectivity index (χ0) is 36.4. The Morgan fingerprint density at radius 3 is 1.36 bits per heavy atom. The fourth-order valence-electron chi connectivity index (χ4n) is 4.55. The first-order valence-electron chi connectivity index (χ1n) is 16.3. The topological polar surface area (TPSA) is 140 Å². The summed E-state index contributed by atoms with van der Waals surface area (Å²) in [6.45, 7) is 30.0. The van der Waals surface area contributed by atoms with Crippen molar-refractivity contribution in [2.45, 2.75) is 57.5 Å². The predicted octanol–water partition coefficient (Wildman–Crippen LogP) is 3.08. The van der Waals surface area contributed by atoms with Crippen molar-refractivity contribution in [1.82, 2.24) is 9.80 Å². The third kappa shape index (κ3) is 28.2. The normalized spacial score (nSPS) is 12.8. The zero-order valence-corrected chi connectivity index (χ0v) is 32.1. The Labute approximate surface area is 288 Å².